The fourth-order valence-corrected chi connectivity index (χ4v) is 3.54. The SMILES string of the molecule is CC(C)(C)OC(=O)N1CCN(CCN2CCc3ccc(Br)nc32)CC1. The van der Waals surface area contributed by atoms with E-state index in [9.17, 15) is 4.79 Å². The smallest absolute Gasteiger partial charge is 0.410 e. The van der Waals surface area contributed by atoms with Gasteiger partial charge in [0.2, 0.25) is 0 Å². The molecule has 138 valence electrons. The number of hydrogen-bond donors (Lipinski definition) is 0. The van der Waals surface area contributed by atoms with E-state index >= 15 is 0 Å². The number of rotatable bonds is 3. The number of carbonyl (C=O) groups excluding carboxylic acids is 1. The van der Waals surface area contributed by atoms with Gasteiger partial charge in [-0.3, -0.25) is 4.90 Å². The Morgan fingerprint density at radius 3 is 2.56 bits per heavy atom. The highest BCUT2D eigenvalue weighted by molar-refractivity contribution is 9.10. The molecule has 7 heteroatoms. The molecule has 0 bridgehead atoms. The van der Waals surface area contributed by atoms with Crippen LogP contribution in [0.4, 0.5) is 10.6 Å². The number of carbonyl (C=O) groups is 1. The average Bonchev–Trinajstić information content (AvgIpc) is 2.94. The minimum Gasteiger partial charge on any atom is -0.444 e. The van der Waals surface area contributed by atoms with Crippen molar-refractivity contribution < 1.29 is 9.53 Å². The number of anilines is 1. The Morgan fingerprint density at radius 1 is 1.16 bits per heavy atom. The van der Waals surface area contributed by atoms with Crippen molar-refractivity contribution in [2.75, 3.05) is 50.7 Å². The highest BCUT2D eigenvalue weighted by atomic mass is 79.9. The lowest BCUT2D eigenvalue weighted by atomic mass is 10.2. The van der Waals surface area contributed by atoms with Gasteiger partial charge in [-0.15, -0.1) is 0 Å². The summed E-state index contributed by atoms with van der Waals surface area (Å²) in [5.41, 5.74) is 0.900. The van der Waals surface area contributed by atoms with Crippen LogP contribution < -0.4 is 4.90 Å². The molecule has 0 radical (unpaired) electrons. The molecule has 25 heavy (non-hydrogen) atoms. The van der Waals surface area contributed by atoms with E-state index in [1.54, 1.807) is 0 Å². The summed E-state index contributed by atoms with van der Waals surface area (Å²) >= 11 is 3.46. The predicted octanol–water partition coefficient (Wildman–Crippen LogP) is 2.76. The molecule has 0 aromatic carbocycles. The van der Waals surface area contributed by atoms with Gasteiger partial charge in [0.25, 0.3) is 0 Å². The molecule has 1 aromatic rings. The Hall–Kier alpha value is -1.34. The molecule has 1 aromatic heterocycles. The summed E-state index contributed by atoms with van der Waals surface area (Å²) in [6, 6.07) is 4.17. The largest absolute Gasteiger partial charge is 0.444 e. The number of fused-ring (bicyclic) bond motifs is 1. The third kappa shape index (κ3) is 4.85. The lowest BCUT2D eigenvalue weighted by molar-refractivity contribution is 0.0147. The second-order valence-electron chi connectivity index (χ2n) is 7.66. The normalized spacial score (nSPS) is 18.4. The standard InChI is InChI=1S/C18H27BrN4O2/c1-18(2,3)25-17(24)23-12-9-21(10-13-23)8-11-22-7-6-14-4-5-15(19)20-16(14)22/h4-5H,6-13H2,1-3H3. The molecular weight excluding hydrogens is 384 g/mol. The molecule has 0 saturated carbocycles. The molecule has 0 aliphatic carbocycles. The van der Waals surface area contributed by atoms with E-state index in [-0.39, 0.29) is 6.09 Å². The average molecular weight is 411 g/mol. The molecule has 1 saturated heterocycles. The van der Waals surface area contributed by atoms with Gasteiger partial charge in [-0.1, -0.05) is 6.07 Å². The Labute approximate surface area is 158 Å². The summed E-state index contributed by atoms with van der Waals surface area (Å²) in [5.74, 6) is 1.11. The molecule has 3 heterocycles. The fraction of sp³-hybridized carbons (Fsp3) is 0.667. The summed E-state index contributed by atoms with van der Waals surface area (Å²) in [5, 5.41) is 0. The van der Waals surface area contributed by atoms with Gasteiger partial charge < -0.3 is 14.5 Å². The number of hydrogen-bond acceptors (Lipinski definition) is 5. The van der Waals surface area contributed by atoms with Crippen LogP contribution in [0.1, 0.15) is 26.3 Å². The molecule has 0 atom stereocenters. The maximum absolute atomic E-state index is 12.1. The third-order valence-electron chi connectivity index (χ3n) is 4.58. The molecule has 0 N–H and O–H groups in total. The molecule has 6 nitrogen and oxygen atoms in total. The maximum Gasteiger partial charge on any atom is 0.410 e. The van der Waals surface area contributed by atoms with Crippen molar-refractivity contribution in [1.82, 2.24) is 14.8 Å². The second kappa shape index (κ2) is 7.50. The van der Waals surface area contributed by atoms with Crippen molar-refractivity contribution in [3.8, 4) is 0 Å². The first-order valence-corrected chi connectivity index (χ1v) is 9.72. The van der Waals surface area contributed by atoms with E-state index in [1.807, 2.05) is 31.7 Å². The van der Waals surface area contributed by atoms with Crippen LogP contribution >= 0.6 is 15.9 Å². The van der Waals surface area contributed by atoms with E-state index in [0.29, 0.717) is 0 Å². The van der Waals surface area contributed by atoms with Gasteiger partial charge in [0.1, 0.15) is 16.0 Å². The highest BCUT2D eigenvalue weighted by Crippen LogP contribution is 2.27. The van der Waals surface area contributed by atoms with Crippen molar-refractivity contribution in [2.24, 2.45) is 0 Å². The fourth-order valence-electron chi connectivity index (χ4n) is 3.24. The van der Waals surface area contributed by atoms with Crippen LogP contribution in [0.2, 0.25) is 0 Å². The second-order valence-corrected chi connectivity index (χ2v) is 8.48. The number of halogens is 1. The van der Waals surface area contributed by atoms with Crippen molar-refractivity contribution in [3.63, 3.8) is 0 Å². The summed E-state index contributed by atoms with van der Waals surface area (Å²) < 4.78 is 6.34. The van der Waals surface area contributed by atoms with Crippen LogP contribution in [0.15, 0.2) is 16.7 Å². The van der Waals surface area contributed by atoms with Gasteiger partial charge in [0.15, 0.2) is 0 Å². The molecule has 1 fully saturated rings. The maximum atomic E-state index is 12.1. The zero-order valence-corrected chi connectivity index (χ0v) is 16.9. The molecule has 2 aliphatic heterocycles. The molecule has 3 rings (SSSR count). The first kappa shape index (κ1) is 18.5. The van der Waals surface area contributed by atoms with Crippen LogP contribution in [-0.2, 0) is 11.2 Å². The minimum absolute atomic E-state index is 0.199. The molecule has 1 amide bonds. The van der Waals surface area contributed by atoms with Gasteiger partial charge in [0.05, 0.1) is 0 Å². The van der Waals surface area contributed by atoms with Crippen molar-refractivity contribution >= 4 is 27.8 Å². The van der Waals surface area contributed by atoms with Crippen LogP contribution in [0.5, 0.6) is 0 Å². The number of piperazine rings is 1. The van der Waals surface area contributed by atoms with Crippen LogP contribution in [-0.4, -0.2) is 72.3 Å². The highest BCUT2D eigenvalue weighted by Gasteiger charge is 2.27. The monoisotopic (exact) mass is 410 g/mol. The van der Waals surface area contributed by atoms with E-state index in [1.165, 1.54) is 5.56 Å². The predicted molar refractivity (Wildman–Crippen MR) is 102 cm³/mol. The number of aromatic nitrogens is 1. The van der Waals surface area contributed by atoms with Crippen molar-refractivity contribution in [1.29, 1.82) is 0 Å². The first-order chi connectivity index (χ1) is 11.8. The zero-order chi connectivity index (χ0) is 18.0. The Morgan fingerprint density at radius 2 is 1.88 bits per heavy atom. The Balaban J connectivity index is 1.45. The number of pyridine rings is 1. The van der Waals surface area contributed by atoms with Gasteiger partial charge in [-0.2, -0.15) is 0 Å². The molecule has 2 aliphatic rings. The number of amides is 1. The Kier molecular flexibility index (Phi) is 5.53. The lowest BCUT2D eigenvalue weighted by Crippen LogP contribution is -2.51. The lowest BCUT2D eigenvalue weighted by Gasteiger charge is -2.36. The van der Waals surface area contributed by atoms with Gasteiger partial charge in [-0.25, -0.2) is 9.78 Å². The van der Waals surface area contributed by atoms with Gasteiger partial charge >= 0.3 is 6.09 Å². The van der Waals surface area contributed by atoms with Gasteiger partial charge in [0, 0.05) is 45.8 Å². The van der Waals surface area contributed by atoms with Crippen molar-refractivity contribution in [3.05, 3.63) is 22.3 Å². The quantitative estimate of drug-likeness (QED) is 0.716. The van der Waals surface area contributed by atoms with E-state index in [0.717, 1.165) is 62.7 Å². The summed E-state index contributed by atoms with van der Waals surface area (Å²) in [6.45, 7) is 12.0. The Bertz CT molecular complexity index is 624. The molecule has 0 unspecified atom stereocenters. The number of nitrogens with zero attached hydrogens (tertiary/aromatic N) is 4. The van der Waals surface area contributed by atoms with Gasteiger partial charge in [-0.05, 0) is 54.8 Å². The third-order valence-corrected chi connectivity index (χ3v) is 5.02. The number of ether oxygens (including phenoxy) is 1. The zero-order valence-electron chi connectivity index (χ0n) is 15.3. The van der Waals surface area contributed by atoms with E-state index in [4.69, 9.17) is 4.74 Å². The molecule has 0 spiro atoms. The van der Waals surface area contributed by atoms with E-state index < -0.39 is 5.60 Å². The molecular formula is C18H27BrN4O2. The van der Waals surface area contributed by atoms with Crippen LogP contribution in [0.3, 0.4) is 0 Å². The topological polar surface area (TPSA) is 48.9 Å². The van der Waals surface area contributed by atoms with Crippen molar-refractivity contribution in [2.45, 2.75) is 32.8 Å². The first-order valence-electron chi connectivity index (χ1n) is 8.92. The summed E-state index contributed by atoms with van der Waals surface area (Å²) in [4.78, 5) is 23.3. The summed E-state index contributed by atoms with van der Waals surface area (Å²) in [6.07, 6.45) is 0.872. The summed E-state index contributed by atoms with van der Waals surface area (Å²) in [7, 11) is 0. The minimum atomic E-state index is -0.432. The van der Waals surface area contributed by atoms with Crippen LogP contribution in [0, 0.1) is 0 Å². The van der Waals surface area contributed by atoms with E-state index in [2.05, 4.69) is 36.8 Å². The van der Waals surface area contributed by atoms with Crippen LogP contribution in [0.25, 0.3) is 0 Å².